The van der Waals surface area contributed by atoms with E-state index in [4.69, 9.17) is 9.47 Å². The van der Waals surface area contributed by atoms with Crippen molar-refractivity contribution in [2.24, 2.45) is 5.92 Å². The minimum atomic E-state index is 0.175. The monoisotopic (exact) mass is 379 g/mol. The highest BCUT2D eigenvalue weighted by molar-refractivity contribution is 5.44. The Morgan fingerprint density at radius 2 is 1.96 bits per heavy atom. The number of nitrogens with zero attached hydrogens (tertiary/aromatic N) is 1. The van der Waals surface area contributed by atoms with Gasteiger partial charge in [-0.05, 0) is 74.0 Å². The lowest BCUT2D eigenvalue weighted by Gasteiger charge is -2.48. The predicted molar refractivity (Wildman–Crippen MR) is 114 cm³/mol. The molecule has 3 nitrogen and oxygen atoms in total. The number of benzene rings is 2. The molecule has 4 rings (SSSR count). The molecule has 0 aromatic heterocycles. The first-order valence-electron chi connectivity index (χ1n) is 10.6. The van der Waals surface area contributed by atoms with Crippen LogP contribution in [0.15, 0.2) is 48.5 Å². The van der Waals surface area contributed by atoms with Gasteiger partial charge in [0, 0.05) is 18.1 Å². The topological polar surface area (TPSA) is 21.7 Å². The number of hydrogen-bond acceptors (Lipinski definition) is 3. The van der Waals surface area contributed by atoms with E-state index in [1.165, 1.54) is 36.1 Å². The van der Waals surface area contributed by atoms with Crippen molar-refractivity contribution in [2.45, 2.75) is 50.7 Å². The number of methoxy groups -OCH3 is 1. The first kappa shape index (κ1) is 19.5. The van der Waals surface area contributed by atoms with Crippen molar-refractivity contribution < 1.29 is 9.47 Å². The second-order valence-electron chi connectivity index (χ2n) is 8.61. The molecular formula is C25H33NO2. The normalized spacial score (nSPS) is 27.1. The summed E-state index contributed by atoms with van der Waals surface area (Å²) in [5, 5.41) is 0. The van der Waals surface area contributed by atoms with Gasteiger partial charge < -0.3 is 14.4 Å². The molecular weight excluding hydrogens is 346 g/mol. The van der Waals surface area contributed by atoms with Gasteiger partial charge in [-0.2, -0.15) is 0 Å². The molecule has 2 aromatic rings. The number of ether oxygens (including phenoxy) is 2. The molecule has 1 aliphatic carbocycles. The van der Waals surface area contributed by atoms with E-state index in [9.17, 15) is 0 Å². The van der Waals surface area contributed by atoms with Gasteiger partial charge in [0.2, 0.25) is 0 Å². The summed E-state index contributed by atoms with van der Waals surface area (Å²) in [4.78, 5) is 2.59. The van der Waals surface area contributed by atoms with E-state index in [0.29, 0.717) is 18.6 Å². The van der Waals surface area contributed by atoms with E-state index in [2.05, 4.69) is 67.4 Å². The summed E-state index contributed by atoms with van der Waals surface area (Å²) in [7, 11) is 4.07. The maximum Gasteiger partial charge on any atom is 0.119 e. The number of likely N-dealkylation sites (tertiary alicyclic amines) is 1. The van der Waals surface area contributed by atoms with E-state index in [1.54, 1.807) is 7.11 Å². The molecule has 0 saturated carbocycles. The summed E-state index contributed by atoms with van der Waals surface area (Å²) in [5.41, 5.74) is 4.43. The number of rotatable bonds is 6. The fourth-order valence-electron chi connectivity index (χ4n) is 5.56. The molecule has 0 N–H and O–H groups in total. The Balaban J connectivity index is 1.59. The van der Waals surface area contributed by atoms with E-state index >= 15 is 0 Å². The second kappa shape index (κ2) is 8.26. The minimum Gasteiger partial charge on any atom is -0.497 e. The molecule has 0 amide bonds. The highest BCUT2D eigenvalue weighted by Gasteiger charge is 2.48. The zero-order valence-electron chi connectivity index (χ0n) is 17.5. The van der Waals surface area contributed by atoms with Crippen LogP contribution in [0.1, 0.15) is 42.9 Å². The third kappa shape index (κ3) is 3.58. The van der Waals surface area contributed by atoms with Crippen molar-refractivity contribution in [3.63, 3.8) is 0 Å². The molecule has 0 radical (unpaired) electrons. The van der Waals surface area contributed by atoms with Gasteiger partial charge in [-0.25, -0.2) is 0 Å². The Kier molecular flexibility index (Phi) is 5.75. The van der Waals surface area contributed by atoms with Crippen molar-refractivity contribution in [3.05, 3.63) is 65.2 Å². The van der Waals surface area contributed by atoms with Crippen LogP contribution in [0.25, 0.3) is 0 Å². The molecule has 1 aliphatic heterocycles. The summed E-state index contributed by atoms with van der Waals surface area (Å²) in [6, 6.07) is 17.8. The van der Waals surface area contributed by atoms with Crippen molar-refractivity contribution in [3.8, 4) is 5.75 Å². The molecule has 2 aliphatic rings. The first-order valence-corrected chi connectivity index (χ1v) is 10.6. The Morgan fingerprint density at radius 1 is 1.14 bits per heavy atom. The molecule has 3 atom stereocenters. The smallest absolute Gasteiger partial charge is 0.119 e. The maximum atomic E-state index is 6.15. The highest BCUT2D eigenvalue weighted by atomic mass is 16.5. The van der Waals surface area contributed by atoms with Crippen LogP contribution < -0.4 is 4.74 Å². The average molecular weight is 380 g/mol. The zero-order chi connectivity index (χ0) is 19.6. The number of fused-ring (bicyclic) bond motifs is 4. The Hall–Kier alpha value is -1.84. The molecule has 1 saturated heterocycles. The van der Waals surface area contributed by atoms with E-state index in [-0.39, 0.29) is 5.41 Å². The quantitative estimate of drug-likeness (QED) is 0.671. The van der Waals surface area contributed by atoms with Crippen LogP contribution in [0.2, 0.25) is 0 Å². The molecule has 3 heteroatoms. The lowest BCUT2D eigenvalue weighted by molar-refractivity contribution is 0.0674. The van der Waals surface area contributed by atoms with Crippen molar-refractivity contribution in [1.29, 1.82) is 0 Å². The third-order valence-electron chi connectivity index (χ3n) is 7.24. The molecule has 150 valence electrons. The van der Waals surface area contributed by atoms with Gasteiger partial charge in [-0.1, -0.05) is 43.3 Å². The largest absolute Gasteiger partial charge is 0.497 e. The van der Waals surface area contributed by atoms with Crippen LogP contribution in [-0.4, -0.2) is 38.3 Å². The van der Waals surface area contributed by atoms with Crippen molar-refractivity contribution in [2.75, 3.05) is 27.3 Å². The lowest BCUT2D eigenvalue weighted by Crippen LogP contribution is -2.50. The number of likely N-dealkylation sites (N-methyl/N-ethyl adjacent to an activating group) is 1. The van der Waals surface area contributed by atoms with Gasteiger partial charge >= 0.3 is 0 Å². The fraction of sp³-hybridized carbons (Fsp3) is 0.520. The highest BCUT2D eigenvalue weighted by Crippen LogP contribution is 2.50. The predicted octanol–water partition coefficient (Wildman–Crippen LogP) is 4.83. The van der Waals surface area contributed by atoms with Gasteiger partial charge in [0.05, 0.1) is 13.7 Å². The first-order chi connectivity index (χ1) is 13.6. The van der Waals surface area contributed by atoms with E-state index < -0.39 is 0 Å². The summed E-state index contributed by atoms with van der Waals surface area (Å²) in [6.45, 7) is 5.14. The standard InChI is InChI=1S/C25H33NO2/c1-19-24-16-21-10-11-22(27-3)17-23(21)25(19,12-7-14-26(24)2)13-15-28-18-20-8-5-4-6-9-20/h4-6,8-11,17,19,24H,7,12-16,18H2,1-3H3/t19-,24+,25-/m0/s1. The summed E-state index contributed by atoms with van der Waals surface area (Å²) in [5.74, 6) is 1.59. The van der Waals surface area contributed by atoms with Crippen molar-refractivity contribution >= 4 is 0 Å². The van der Waals surface area contributed by atoms with Crippen LogP contribution >= 0.6 is 0 Å². The van der Waals surface area contributed by atoms with Gasteiger partial charge in [0.1, 0.15) is 5.75 Å². The van der Waals surface area contributed by atoms with E-state index in [1.807, 2.05) is 0 Å². The van der Waals surface area contributed by atoms with Crippen LogP contribution in [0.4, 0.5) is 0 Å². The van der Waals surface area contributed by atoms with Gasteiger partial charge in [0.25, 0.3) is 0 Å². The maximum absolute atomic E-state index is 6.15. The minimum absolute atomic E-state index is 0.175. The molecule has 2 aromatic carbocycles. The number of hydrogen-bond donors (Lipinski definition) is 0. The summed E-state index contributed by atoms with van der Waals surface area (Å²) in [6.07, 6.45) is 4.69. The molecule has 0 spiro atoms. The van der Waals surface area contributed by atoms with Crippen LogP contribution in [-0.2, 0) is 23.2 Å². The summed E-state index contributed by atoms with van der Waals surface area (Å²) < 4.78 is 11.7. The summed E-state index contributed by atoms with van der Waals surface area (Å²) >= 11 is 0. The Morgan fingerprint density at radius 3 is 2.75 bits per heavy atom. The van der Waals surface area contributed by atoms with Crippen LogP contribution in [0, 0.1) is 5.92 Å². The average Bonchev–Trinajstić information content (AvgIpc) is 2.80. The van der Waals surface area contributed by atoms with Crippen LogP contribution in [0.3, 0.4) is 0 Å². The third-order valence-corrected chi connectivity index (χ3v) is 7.24. The van der Waals surface area contributed by atoms with Gasteiger partial charge in [-0.15, -0.1) is 0 Å². The zero-order valence-corrected chi connectivity index (χ0v) is 17.5. The van der Waals surface area contributed by atoms with Crippen LogP contribution in [0.5, 0.6) is 5.75 Å². The van der Waals surface area contributed by atoms with Gasteiger partial charge in [0.15, 0.2) is 0 Å². The molecule has 2 bridgehead atoms. The molecule has 28 heavy (non-hydrogen) atoms. The molecule has 1 heterocycles. The van der Waals surface area contributed by atoms with E-state index in [0.717, 1.165) is 25.2 Å². The fourth-order valence-corrected chi connectivity index (χ4v) is 5.56. The van der Waals surface area contributed by atoms with Crippen molar-refractivity contribution in [1.82, 2.24) is 4.90 Å². The molecule has 1 fully saturated rings. The Labute approximate surface area is 169 Å². The van der Waals surface area contributed by atoms with Gasteiger partial charge in [-0.3, -0.25) is 0 Å². The second-order valence-corrected chi connectivity index (χ2v) is 8.61. The Bertz CT molecular complexity index is 790. The molecule has 0 unspecified atom stereocenters. The SMILES string of the molecule is COc1ccc2c(c1)[C@]1(CCOCc3ccccc3)CCCN(C)[C@H](C2)[C@@H]1C. The lowest BCUT2D eigenvalue weighted by atomic mass is 9.59.